The van der Waals surface area contributed by atoms with E-state index in [4.69, 9.17) is 0 Å². The van der Waals surface area contributed by atoms with Gasteiger partial charge in [0, 0.05) is 11.6 Å². The van der Waals surface area contributed by atoms with Gasteiger partial charge in [0.2, 0.25) is 11.6 Å². The summed E-state index contributed by atoms with van der Waals surface area (Å²) < 4.78 is 65.1. The maximum absolute atomic E-state index is 12.7. The number of alkyl halides is 3. The highest BCUT2D eigenvalue weighted by Crippen LogP contribution is 2.30. The molecule has 0 saturated carbocycles. The number of ether oxygens (including phenoxy) is 1. The zero-order chi connectivity index (χ0) is 10.9. The molecule has 0 spiro atoms. The molecule has 0 saturated heterocycles. The van der Waals surface area contributed by atoms with Crippen LogP contribution in [0.1, 0.15) is 0 Å². The molecule has 0 aromatic heterocycles. The van der Waals surface area contributed by atoms with Crippen molar-refractivity contribution in [3.8, 4) is 5.75 Å². The van der Waals surface area contributed by atoms with Gasteiger partial charge in [-0.2, -0.15) is 4.39 Å². The molecule has 0 amide bonds. The second-order valence-corrected chi connectivity index (χ2v) is 2.66. The molecule has 0 aliphatic carbocycles. The molecule has 0 bridgehead atoms. The minimum Gasteiger partial charge on any atom is -0.414 e. The van der Waals surface area contributed by atoms with Crippen LogP contribution in [0.15, 0.2) is 12.1 Å². The predicted octanol–water partition coefficient (Wildman–Crippen LogP) is 3.27. The summed E-state index contributed by atoms with van der Waals surface area (Å²) in [5.41, 5.74) is -4.30. The zero-order valence-electron chi connectivity index (χ0n) is 6.33. The quantitative estimate of drug-likeness (QED) is 0.432. The van der Waals surface area contributed by atoms with Gasteiger partial charge in [0.15, 0.2) is 11.6 Å². The van der Waals surface area contributed by atoms with E-state index in [0.717, 1.165) is 0 Å². The highest BCUT2D eigenvalue weighted by atomic mass is 35.5. The van der Waals surface area contributed by atoms with Gasteiger partial charge in [0.25, 0.3) is 0 Å². The van der Waals surface area contributed by atoms with Crippen molar-refractivity contribution in [1.29, 1.82) is 0 Å². The number of hydrogen-bond acceptors (Lipinski definition) is 1. The van der Waals surface area contributed by atoms with E-state index in [1.54, 1.807) is 0 Å². The van der Waals surface area contributed by atoms with Crippen LogP contribution in [-0.4, -0.2) is 5.57 Å². The van der Waals surface area contributed by atoms with E-state index >= 15 is 0 Å². The van der Waals surface area contributed by atoms with Gasteiger partial charge in [-0.3, -0.25) is 0 Å². The van der Waals surface area contributed by atoms with Crippen molar-refractivity contribution in [2.75, 3.05) is 0 Å². The summed E-state index contributed by atoms with van der Waals surface area (Å²) in [7, 11) is 0. The van der Waals surface area contributed by atoms with Crippen LogP contribution in [0.5, 0.6) is 5.75 Å². The van der Waals surface area contributed by atoms with E-state index in [9.17, 15) is 22.0 Å². The molecule has 0 unspecified atom stereocenters. The number of rotatable bonds is 2. The Hall–Kier alpha value is -1.04. The summed E-state index contributed by atoms with van der Waals surface area (Å²) >= 11 is 4.25. The largest absolute Gasteiger partial charge is 0.487 e. The highest BCUT2D eigenvalue weighted by Gasteiger charge is 2.31. The average molecular weight is 233 g/mol. The van der Waals surface area contributed by atoms with E-state index < -0.39 is 28.8 Å². The summed E-state index contributed by atoms with van der Waals surface area (Å²) in [6, 6.07) is 0.875. The third-order valence-corrected chi connectivity index (χ3v) is 1.30. The summed E-state index contributed by atoms with van der Waals surface area (Å²) in [5, 5.41) is 0. The number of halogens is 6. The Morgan fingerprint density at radius 1 is 1.07 bits per heavy atom. The second-order valence-electron chi connectivity index (χ2n) is 2.22. The zero-order valence-corrected chi connectivity index (χ0v) is 7.09. The molecule has 0 aliphatic rings. The Morgan fingerprint density at radius 2 is 1.57 bits per heavy atom. The summed E-state index contributed by atoms with van der Waals surface area (Å²) in [4.78, 5) is 0. The Labute approximate surface area is 80.0 Å². The Bertz CT molecular complexity index is 349. The van der Waals surface area contributed by atoms with Crippen molar-refractivity contribution in [3.05, 3.63) is 29.6 Å². The van der Waals surface area contributed by atoms with Crippen molar-refractivity contribution >= 4 is 11.6 Å². The molecular formula is C7H2ClF5O. The molecule has 1 aromatic carbocycles. The lowest BCUT2D eigenvalue weighted by atomic mass is 10.3. The van der Waals surface area contributed by atoms with Crippen LogP contribution in [0.4, 0.5) is 22.0 Å². The third kappa shape index (κ3) is 2.47. The first-order valence-corrected chi connectivity index (χ1v) is 3.58. The molecule has 1 rings (SSSR count). The van der Waals surface area contributed by atoms with Crippen LogP contribution in [-0.2, 0) is 0 Å². The molecule has 78 valence electrons. The molecule has 0 aliphatic heterocycles. The maximum Gasteiger partial charge on any atom is 0.487 e. The first-order chi connectivity index (χ1) is 6.31. The van der Waals surface area contributed by atoms with Crippen molar-refractivity contribution in [2.24, 2.45) is 0 Å². The second kappa shape index (κ2) is 3.61. The first kappa shape index (κ1) is 11.0. The van der Waals surface area contributed by atoms with Gasteiger partial charge < -0.3 is 4.74 Å². The molecule has 0 atom stereocenters. The standard InChI is InChI=1S/C7H2ClF5O/c8-7(12,13)14-6-4(10)2-1-3(9)5(6)11/h1-2H. The maximum atomic E-state index is 12.7. The minimum atomic E-state index is -4.30. The predicted molar refractivity (Wildman–Crippen MR) is 37.7 cm³/mol. The van der Waals surface area contributed by atoms with Gasteiger partial charge in [0.1, 0.15) is 0 Å². The lowest BCUT2D eigenvalue weighted by Gasteiger charge is -2.11. The first-order valence-electron chi connectivity index (χ1n) is 3.20. The summed E-state index contributed by atoms with van der Waals surface area (Å²) in [5.74, 6) is -6.39. The van der Waals surface area contributed by atoms with Crippen LogP contribution >= 0.6 is 11.6 Å². The van der Waals surface area contributed by atoms with Gasteiger partial charge in [-0.05, 0) is 12.1 Å². The smallest absolute Gasteiger partial charge is 0.414 e. The lowest BCUT2D eigenvalue weighted by molar-refractivity contribution is -0.101. The monoisotopic (exact) mass is 232 g/mol. The third-order valence-electron chi connectivity index (χ3n) is 1.22. The Morgan fingerprint density at radius 3 is 2.07 bits per heavy atom. The van der Waals surface area contributed by atoms with Gasteiger partial charge in [-0.25, -0.2) is 8.78 Å². The minimum absolute atomic E-state index is 0.434. The summed E-state index contributed by atoms with van der Waals surface area (Å²) in [6.45, 7) is 0. The topological polar surface area (TPSA) is 9.23 Å². The molecule has 0 fully saturated rings. The molecule has 14 heavy (non-hydrogen) atoms. The van der Waals surface area contributed by atoms with Crippen LogP contribution < -0.4 is 4.74 Å². The van der Waals surface area contributed by atoms with Gasteiger partial charge in [0.05, 0.1) is 0 Å². The number of benzene rings is 1. The molecule has 0 N–H and O–H groups in total. The molecule has 0 radical (unpaired) electrons. The van der Waals surface area contributed by atoms with Crippen molar-refractivity contribution in [2.45, 2.75) is 5.57 Å². The van der Waals surface area contributed by atoms with E-state index in [2.05, 4.69) is 16.3 Å². The molecule has 7 heteroatoms. The van der Waals surface area contributed by atoms with Gasteiger partial charge in [-0.1, -0.05) is 0 Å². The average Bonchev–Trinajstić information content (AvgIpc) is 2.04. The lowest BCUT2D eigenvalue weighted by Crippen LogP contribution is -2.17. The normalized spacial score (nSPS) is 11.6. The molecule has 0 heterocycles. The van der Waals surface area contributed by atoms with Gasteiger partial charge >= 0.3 is 5.57 Å². The van der Waals surface area contributed by atoms with Crippen LogP contribution in [0, 0.1) is 17.5 Å². The fraction of sp³-hybridized carbons (Fsp3) is 0.143. The Balaban J connectivity index is 3.13. The number of hydrogen-bond donors (Lipinski definition) is 0. The van der Waals surface area contributed by atoms with Crippen LogP contribution in [0.25, 0.3) is 0 Å². The van der Waals surface area contributed by atoms with Crippen LogP contribution in [0.2, 0.25) is 0 Å². The fourth-order valence-electron chi connectivity index (χ4n) is 0.718. The van der Waals surface area contributed by atoms with Crippen molar-refractivity contribution in [3.63, 3.8) is 0 Å². The van der Waals surface area contributed by atoms with E-state index in [1.165, 1.54) is 0 Å². The molecule has 1 nitrogen and oxygen atoms in total. The van der Waals surface area contributed by atoms with Gasteiger partial charge in [-0.15, -0.1) is 8.78 Å². The fourth-order valence-corrected chi connectivity index (χ4v) is 0.795. The summed E-state index contributed by atoms with van der Waals surface area (Å²) in [6.07, 6.45) is 0. The SMILES string of the molecule is Fc1ccc(F)c(OC(F)(F)Cl)c1F. The Kier molecular flexibility index (Phi) is 2.84. The highest BCUT2D eigenvalue weighted by molar-refractivity contribution is 6.20. The van der Waals surface area contributed by atoms with E-state index in [-0.39, 0.29) is 0 Å². The molecule has 1 aromatic rings. The van der Waals surface area contributed by atoms with Crippen molar-refractivity contribution < 1.29 is 26.7 Å². The van der Waals surface area contributed by atoms with E-state index in [0.29, 0.717) is 12.1 Å². The molecular weight excluding hydrogens is 231 g/mol. The van der Waals surface area contributed by atoms with Crippen LogP contribution in [0.3, 0.4) is 0 Å². The van der Waals surface area contributed by atoms with E-state index in [1.807, 2.05) is 0 Å². The van der Waals surface area contributed by atoms with Crippen molar-refractivity contribution in [1.82, 2.24) is 0 Å².